The van der Waals surface area contributed by atoms with Crippen LogP contribution in [-0.2, 0) is 33.3 Å². The van der Waals surface area contributed by atoms with Crippen LogP contribution in [0.1, 0.15) is 33.9 Å². The first-order valence-electron chi connectivity index (χ1n) is 13.0. The van der Waals surface area contributed by atoms with E-state index in [9.17, 15) is 14.4 Å². The molecular formula is C26H28ClN7O7S. The van der Waals surface area contributed by atoms with Gasteiger partial charge in [0, 0.05) is 32.6 Å². The van der Waals surface area contributed by atoms with E-state index >= 15 is 0 Å². The maximum atomic E-state index is 12.0. The molecule has 1 aliphatic rings. The number of hydrogen-bond donors (Lipinski definition) is 2. The molecule has 0 saturated carbocycles. The second kappa shape index (κ2) is 12.5. The van der Waals surface area contributed by atoms with Crippen LogP contribution in [-0.4, -0.2) is 84.1 Å². The summed E-state index contributed by atoms with van der Waals surface area (Å²) in [4.78, 5) is 56.5. The third-order valence-corrected chi connectivity index (χ3v) is 7.53. The van der Waals surface area contributed by atoms with Crippen molar-refractivity contribution in [1.29, 1.82) is 0 Å². The van der Waals surface area contributed by atoms with Crippen LogP contribution in [0, 0.1) is 0 Å². The molecule has 4 aromatic rings. The first-order chi connectivity index (χ1) is 20.1. The monoisotopic (exact) mass is 617 g/mol. The predicted molar refractivity (Wildman–Crippen MR) is 152 cm³/mol. The van der Waals surface area contributed by atoms with E-state index in [2.05, 4.69) is 30.2 Å². The Morgan fingerprint density at radius 3 is 2.55 bits per heavy atom. The summed E-state index contributed by atoms with van der Waals surface area (Å²) in [6, 6.07) is 7.72. The van der Waals surface area contributed by atoms with Crippen LogP contribution in [0.4, 0.5) is 5.82 Å². The van der Waals surface area contributed by atoms with Crippen molar-refractivity contribution in [1.82, 2.24) is 29.5 Å². The lowest BCUT2D eigenvalue weighted by Crippen LogP contribution is -2.40. The fourth-order valence-electron chi connectivity index (χ4n) is 4.57. The topological polar surface area (TPSA) is 172 Å². The Hall–Kier alpha value is -3.95. The molecule has 222 valence electrons. The molecule has 4 heterocycles. The van der Waals surface area contributed by atoms with E-state index in [-0.39, 0.29) is 23.6 Å². The number of carbonyl (C=O) groups excluding carboxylic acids is 3. The van der Waals surface area contributed by atoms with Gasteiger partial charge >= 0.3 is 17.9 Å². The highest BCUT2D eigenvalue weighted by molar-refractivity contribution is 7.99. The second-order valence-corrected chi connectivity index (χ2v) is 10.9. The molecule has 0 bridgehead atoms. The Kier molecular flexibility index (Phi) is 8.80. The molecule has 0 unspecified atom stereocenters. The molecule has 0 aliphatic carbocycles. The highest BCUT2D eigenvalue weighted by atomic mass is 35.5. The van der Waals surface area contributed by atoms with Crippen molar-refractivity contribution in [3.8, 4) is 0 Å². The number of ether oxygens (including phenoxy) is 4. The van der Waals surface area contributed by atoms with Crippen LogP contribution in [0.2, 0.25) is 5.28 Å². The Morgan fingerprint density at radius 1 is 1.10 bits per heavy atom. The number of nitrogens with one attached hydrogen (secondary N) is 2. The third-order valence-electron chi connectivity index (χ3n) is 6.23. The molecule has 5 atom stereocenters. The van der Waals surface area contributed by atoms with Crippen LogP contribution in [0.25, 0.3) is 22.2 Å². The first kappa shape index (κ1) is 29.5. The number of aromatic amines is 1. The molecule has 1 aromatic carbocycles. The molecular weight excluding hydrogens is 590 g/mol. The van der Waals surface area contributed by atoms with Gasteiger partial charge in [-0.05, 0) is 30.7 Å². The van der Waals surface area contributed by atoms with Crippen molar-refractivity contribution in [3.05, 3.63) is 35.9 Å². The molecule has 16 heteroatoms. The van der Waals surface area contributed by atoms with E-state index in [1.165, 1.54) is 31.7 Å². The Morgan fingerprint density at radius 2 is 1.83 bits per heavy atom. The molecule has 1 fully saturated rings. The number of thioether (sulfide) groups is 1. The van der Waals surface area contributed by atoms with E-state index in [0.717, 1.165) is 16.2 Å². The number of fused-ring (bicyclic) bond motifs is 2. The normalized spacial score (nSPS) is 20.9. The molecule has 14 nitrogen and oxygen atoms in total. The number of carbonyl (C=O) groups is 3. The fraction of sp³-hybridized carbons (Fsp3) is 0.423. The summed E-state index contributed by atoms with van der Waals surface area (Å²) >= 11 is 7.87. The summed E-state index contributed by atoms with van der Waals surface area (Å²) in [6.07, 6.45) is -2.71. The van der Waals surface area contributed by atoms with Crippen LogP contribution < -0.4 is 5.32 Å². The highest BCUT2D eigenvalue weighted by Crippen LogP contribution is 2.37. The van der Waals surface area contributed by atoms with Crippen molar-refractivity contribution in [2.75, 3.05) is 17.7 Å². The maximum absolute atomic E-state index is 12.0. The van der Waals surface area contributed by atoms with E-state index < -0.39 is 42.4 Å². The zero-order chi connectivity index (χ0) is 30.0. The number of nitrogens with zero attached hydrogens (tertiary/aromatic N) is 5. The predicted octanol–water partition coefficient (Wildman–Crippen LogP) is 3.27. The number of rotatable bonds is 10. The smallest absolute Gasteiger partial charge is 0.303 e. The molecule has 2 N–H and O–H groups in total. The van der Waals surface area contributed by atoms with Crippen molar-refractivity contribution in [2.24, 2.45) is 0 Å². The van der Waals surface area contributed by atoms with Gasteiger partial charge in [-0.1, -0.05) is 23.9 Å². The van der Waals surface area contributed by atoms with Gasteiger partial charge in [-0.25, -0.2) is 9.97 Å². The first-order valence-corrected chi connectivity index (χ1v) is 14.3. The SMILES string of the molecule is CC(=O)OC[C@H]1O[C@@H](n2cnc3c(N[C@H](C)CSc4nc5ccccc5[nH]4)nc(Cl)nc32)[C@H](OC(C)=O)[C@@H]1OC(C)=O. The van der Waals surface area contributed by atoms with Crippen LogP contribution >= 0.6 is 23.4 Å². The number of anilines is 1. The number of H-pyrrole nitrogens is 1. The molecule has 0 radical (unpaired) electrons. The number of esters is 3. The van der Waals surface area contributed by atoms with Gasteiger partial charge < -0.3 is 29.2 Å². The third kappa shape index (κ3) is 6.58. The molecule has 1 aliphatic heterocycles. The largest absolute Gasteiger partial charge is 0.463 e. The van der Waals surface area contributed by atoms with Crippen molar-refractivity contribution in [3.63, 3.8) is 0 Å². The van der Waals surface area contributed by atoms with Crippen LogP contribution in [0.5, 0.6) is 0 Å². The van der Waals surface area contributed by atoms with Gasteiger partial charge in [0.2, 0.25) is 5.28 Å². The van der Waals surface area contributed by atoms with Crippen LogP contribution in [0.3, 0.4) is 0 Å². The second-order valence-electron chi connectivity index (χ2n) is 9.60. The fourth-order valence-corrected chi connectivity index (χ4v) is 5.57. The number of para-hydroxylation sites is 2. The zero-order valence-electron chi connectivity index (χ0n) is 23.1. The summed E-state index contributed by atoms with van der Waals surface area (Å²) in [5.74, 6) is -0.781. The summed E-state index contributed by atoms with van der Waals surface area (Å²) in [5, 5.41) is 4.06. The lowest BCUT2D eigenvalue weighted by molar-refractivity contribution is -0.166. The Labute approximate surface area is 248 Å². The number of imidazole rings is 2. The molecule has 42 heavy (non-hydrogen) atoms. The highest BCUT2D eigenvalue weighted by Gasteiger charge is 2.51. The van der Waals surface area contributed by atoms with Gasteiger partial charge in [0.25, 0.3) is 0 Å². The molecule has 0 spiro atoms. The van der Waals surface area contributed by atoms with Gasteiger partial charge in [0.15, 0.2) is 40.6 Å². The standard InChI is InChI=1S/C26H28ClN7O7S/c1-12(10-42-26-30-16-7-5-6-8-17(16)31-26)29-22-19-23(33-25(27)32-22)34(11-28-19)24-21(40-15(4)37)20(39-14(3)36)18(41-24)9-38-13(2)35/h5-8,11-12,18,20-21,24H,9-10H2,1-4H3,(H,30,31)(H,29,32,33)/t12-,18-,20-,21-,24-/m1/s1. The average Bonchev–Trinajstić information content (AvgIpc) is 3.61. The quantitative estimate of drug-likeness (QED) is 0.115. The average molecular weight is 618 g/mol. The maximum Gasteiger partial charge on any atom is 0.303 e. The summed E-state index contributed by atoms with van der Waals surface area (Å²) in [7, 11) is 0. The minimum absolute atomic E-state index is 0.0566. The number of halogens is 1. The minimum Gasteiger partial charge on any atom is -0.463 e. The van der Waals surface area contributed by atoms with E-state index in [0.29, 0.717) is 17.1 Å². The van der Waals surface area contributed by atoms with Gasteiger partial charge in [0.05, 0.1) is 17.4 Å². The van der Waals surface area contributed by atoms with E-state index in [4.69, 9.17) is 30.5 Å². The van der Waals surface area contributed by atoms with Crippen molar-refractivity contribution in [2.45, 2.75) is 63.4 Å². The number of aromatic nitrogens is 6. The lowest BCUT2D eigenvalue weighted by atomic mass is 10.1. The van der Waals surface area contributed by atoms with Gasteiger partial charge in [-0.15, -0.1) is 0 Å². The molecule has 1 saturated heterocycles. The summed E-state index contributed by atoms with van der Waals surface area (Å²) in [6.45, 7) is 5.42. The number of hydrogen-bond acceptors (Lipinski definition) is 13. The zero-order valence-corrected chi connectivity index (χ0v) is 24.6. The molecule has 0 amide bonds. The van der Waals surface area contributed by atoms with E-state index in [1.54, 1.807) is 11.8 Å². The summed E-state index contributed by atoms with van der Waals surface area (Å²) in [5.41, 5.74) is 2.52. The molecule has 5 rings (SSSR count). The van der Waals surface area contributed by atoms with Gasteiger partial charge in [-0.2, -0.15) is 9.97 Å². The Balaban J connectivity index is 1.39. The van der Waals surface area contributed by atoms with E-state index in [1.807, 2.05) is 31.2 Å². The van der Waals surface area contributed by atoms with Crippen molar-refractivity contribution >= 4 is 69.3 Å². The minimum atomic E-state index is -1.10. The van der Waals surface area contributed by atoms with Crippen molar-refractivity contribution < 1.29 is 33.3 Å². The summed E-state index contributed by atoms with van der Waals surface area (Å²) < 4.78 is 23.7. The van der Waals surface area contributed by atoms with Gasteiger partial charge in [0.1, 0.15) is 12.7 Å². The van der Waals surface area contributed by atoms with Gasteiger partial charge in [-0.3, -0.25) is 19.0 Å². The number of benzene rings is 1. The molecule has 3 aromatic heterocycles. The Bertz CT molecular complexity index is 1600. The van der Waals surface area contributed by atoms with Crippen LogP contribution in [0.15, 0.2) is 35.7 Å². The lowest BCUT2D eigenvalue weighted by Gasteiger charge is -2.23.